The highest BCUT2D eigenvalue weighted by Crippen LogP contribution is 2.23. The van der Waals surface area contributed by atoms with Crippen LogP contribution in [-0.2, 0) is 15.5 Å². The predicted molar refractivity (Wildman–Crippen MR) is 83.1 cm³/mol. The zero-order chi connectivity index (χ0) is 16.1. The van der Waals surface area contributed by atoms with Crippen LogP contribution in [0.15, 0.2) is 59.5 Å². The highest BCUT2D eigenvalue weighted by atomic mass is 32.2. The molecule has 0 aromatic heterocycles. The predicted octanol–water partition coefficient (Wildman–Crippen LogP) is 3.62. The molecule has 5 heteroatoms. The topological polar surface area (TPSA) is 74.6 Å². The molecule has 0 spiro atoms. The van der Waals surface area contributed by atoms with E-state index in [2.05, 4.69) is 20.8 Å². The van der Waals surface area contributed by atoms with Crippen LogP contribution >= 0.6 is 0 Å². The van der Waals surface area contributed by atoms with Crippen LogP contribution in [0, 0.1) is 0 Å². The Morgan fingerprint density at radius 2 is 1.33 bits per heavy atom. The quantitative estimate of drug-likeness (QED) is 0.789. The molecule has 2 aromatic carbocycles. The minimum atomic E-state index is -4.00. The molecule has 2 rings (SSSR count). The molecule has 21 heavy (non-hydrogen) atoms. The van der Waals surface area contributed by atoms with Crippen molar-refractivity contribution in [2.24, 2.45) is 0 Å². The molecule has 114 valence electrons. The van der Waals surface area contributed by atoms with E-state index in [0.717, 1.165) is 0 Å². The highest BCUT2D eigenvalue weighted by Gasteiger charge is 2.12. The van der Waals surface area contributed by atoms with Crippen molar-refractivity contribution in [2.45, 2.75) is 31.1 Å². The Hall–Kier alpha value is -1.85. The van der Waals surface area contributed by atoms with E-state index in [1.165, 1.54) is 17.7 Å². The van der Waals surface area contributed by atoms with Crippen LogP contribution in [0.25, 0.3) is 0 Å². The lowest BCUT2D eigenvalue weighted by Gasteiger charge is -2.18. The molecule has 0 radical (unpaired) electrons. The van der Waals surface area contributed by atoms with Crippen LogP contribution < -0.4 is 0 Å². The first-order valence-electron chi connectivity index (χ1n) is 6.43. The van der Waals surface area contributed by atoms with Crippen molar-refractivity contribution in [3.8, 4) is 5.75 Å². The average Bonchev–Trinajstić information content (AvgIpc) is 2.39. The number of phenols is 1. The standard InChI is InChI=1S/C10H14O.C6H6O3S/c1-10(2,3)8-4-6-9(11)7-5-8;7-10(8,9)6-4-2-1-3-5-6/h4-7,11H,1-3H3;1-5H,(H,7,8,9). The third-order valence-electron chi connectivity index (χ3n) is 2.77. The van der Waals surface area contributed by atoms with Crippen LogP contribution in [0.2, 0.25) is 0 Å². The maximum atomic E-state index is 10.4. The van der Waals surface area contributed by atoms with Crippen LogP contribution in [0.1, 0.15) is 26.3 Å². The molecule has 2 aromatic rings. The third kappa shape index (κ3) is 5.97. The van der Waals surface area contributed by atoms with E-state index in [-0.39, 0.29) is 10.3 Å². The van der Waals surface area contributed by atoms with Gasteiger partial charge in [0.15, 0.2) is 0 Å². The molecule has 0 atom stereocenters. The maximum absolute atomic E-state index is 10.4. The van der Waals surface area contributed by atoms with Gasteiger partial charge in [0.25, 0.3) is 10.1 Å². The van der Waals surface area contributed by atoms with Crippen LogP contribution in [0.3, 0.4) is 0 Å². The van der Waals surface area contributed by atoms with E-state index in [1.54, 1.807) is 30.3 Å². The zero-order valence-corrected chi connectivity index (χ0v) is 13.1. The van der Waals surface area contributed by atoms with Crippen molar-refractivity contribution in [1.82, 2.24) is 0 Å². The van der Waals surface area contributed by atoms with Crippen molar-refractivity contribution in [3.05, 3.63) is 60.2 Å². The summed E-state index contributed by atoms with van der Waals surface area (Å²) < 4.78 is 29.2. The van der Waals surface area contributed by atoms with Gasteiger partial charge in [-0.05, 0) is 35.2 Å². The summed E-state index contributed by atoms with van der Waals surface area (Å²) in [7, 11) is -4.00. The number of phenolic OH excluding ortho intramolecular Hbond substituents is 1. The van der Waals surface area contributed by atoms with E-state index in [0.29, 0.717) is 5.75 Å². The highest BCUT2D eigenvalue weighted by molar-refractivity contribution is 7.85. The Morgan fingerprint density at radius 3 is 1.67 bits per heavy atom. The van der Waals surface area contributed by atoms with Gasteiger partial charge in [-0.2, -0.15) is 8.42 Å². The lowest BCUT2D eigenvalue weighted by Crippen LogP contribution is -2.10. The smallest absolute Gasteiger partial charge is 0.294 e. The zero-order valence-electron chi connectivity index (χ0n) is 12.3. The molecule has 0 amide bonds. The van der Waals surface area contributed by atoms with E-state index >= 15 is 0 Å². The monoisotopic (exact) mass is 308 g/mol. The molecular weight excluding hydrogens is 288 g/mol. The van der Waals surface area contributed by atoms with Gasteiger partial charge in [0.2, 0.25) is 0 Å². The fourth-order valence-corrected chi connectivity index (χ4v) is 2.05. The van der Waals surface area contributed by atoms with E-state index in [1.807, 2.05) is 12.1 Å². The molecular formula is C16H20O4S. The van der Waals surface area contributed by atoms with Gasteiger partial charge in [-0.15, -0.1) is 0 Å². The number of hydrogen-bond acceptors (Lipinski definition) is 3. The minimum absolute atomic E-state index is 0.0741. The molecule has 2 N–H and O–H groups in total. The summed E-state index contributed by atoms with van der Waals surface area (Å²) in [6.45, 7) is 6.46. The first-order valence-corrected chi connectivity index (χ1v) is 7.87. The molecule has 0 bridgehead atoms. The summed E-state index contributed by atoms with van der Waals surface area (Å²) in [5.41, 5.74) is 1.42. The van der Waals surface area contributed by atoms with Gasteiger partial charge in [-0.3, -0.25) is 4.55 Å². The van der Waals surface area contributed by atoms with E-state index in [9.17, 15) is 8.42 Å². The number of benzene rings is 2. The molecule has 0 unspecified atom stereocenters. The minimum Gasteiger partial charge on any atom is -0.508 e. The Bertz CT molecular complexity index is 654. The van der Waals surface area contributed by atoms with Crippen LogP contribution in [-0.4, -0.2) is 18.1 Å². The summed E-state index contributed by atoms with van der Waals surface area (Å²) >= 11 is 0. The first-order chi connectivity index (χ1) is 9.60. The second kappa shape index (κ2) is 6.74. The molecule has 0 aliphatic carbocycles. The normalized spacial score (nSPS) is 11.4. The molecule has 0 saturated heterocycles. The SMILES string of the molecule is CC(C)(C)c1ccc(O)cc1.O=S(=O)(O)c1ccccc1. The second-order valence-corrected chi connectivity index (χ2v) is 7.01. The summed E-state index contributed by atoms with van der Waals surface area (Å²) in [5, 5.41) is 9.02. The maximum Gasteiger partial charge on any atom is 0.294 e. The molecule has 0 aliphatic heterocycles. The molecule has 4 nitrogen and oxygen atoms in total. The van der Waals surface area contributed by atoms with Gasteiger partial charge < -0.3 is 5.11 Å². The Labute approximate surface area is 125 Å². The lowest BCUT2D eigenvalue weighted by atomic mass is 9.87. The Morgan fingerprint density at radius 1 is 0.857 bits per heavy atom. The van der Waals surface area contributed by atoms with E-state index < -0.39 is 10.1 Å². The molecule has 0 aliphatic rings. The van der Waals surface area contributed by atoms with Gasteiger partial charge in [0, 0.05) is 0 Å². The number of aromatic hydroxyl groups is 1. The summed E-state index contributed by atoms with van der Waals surface area (Å²) in [6.07, 6.45) is 0. The van der Waals surface area contributed by atoms with Crippen molar-refractivity contribution in [3.63, 3.8) is 0 Å². The number of rotatable bonds is 1. The molecule has 0 fully saturated rings. The van der Waals surface area contributed by atoms with Crippen molar-refractivity contribution in [1.29, 1.82) is 0 Å². The second-order valence-electron chi connectivity index (χ2n) is 5.58. The van der Waals surface area contributed by atoms with Gasteiger partial charge in [0.05, 0.1) is 4.90 Å². The Kier molecular flexibility index (Phi) is 5.52. The van der Waals surface area contributed by atoms with E-state index in [4.69, 9.17) is 9.66 Å². The Balaban J connectivity index is 0.000000211. The van der Waals surface area contributed by atoms with Crippen LogP contribution in [0.5, 0.6) is 5.75 Å². The van der Waals surface area contributed by atoms with Crippen molar-refractivity contribution >= 4 is 10.1 Å². The van der Waals surface area contributed by atoms with Gasteiger partial charge in [0.1, 0.15) is 5.75 Å². The summed E-state index contributed by atoms with van der Waals surface area (Å²) in [6, 6.07) is 14.8. The lowest BCUT2D eigenvalue weighted by molar-refractivity contribution is 0.474. The van der Waals surface area contributed by atoms with Gasteiger partial charge in [-0.1, -0.05) is 51.1 Å². The van der Waals surface area contributed by atoms with Crippen LogP contribution in [0.4, 0.5) is 0 Å². The fraction of sp³-hybridized carbons (Fsp3) is 0.250. The van der Waals surface area contributed by atoms with Gasteiger partial charge in [-0.25, -0.2) is 0 Å². The third-order valence-corrected chi connectivity index (χ3v) is 3.64. The van der Waals surface area contributed by atoms with Crippen molar-refractivity contribution < 1.29 is 18.1 Å². The summed E-state index contributed by atoms with van der Waals surface area (Å²) in [4.78, 5) is -0.0741. The first kappa shape index (κ1) is 17.2. The summed E-state index contributed by atoms with van der Waals surface area (Å²) in [5.74, 6) is 0.331. The molecule has 0 heterocycles. The largest absolute Gasteiger partial charge is 0.508 e. The number of hydrogen-bond donors (Lipinski definition) is 2. The van der Waals surface area contributed by atoms with Gasteiger partial charge >= 0.3 is 0 Å². The molecule has 0 saturated carbocycles. The fourth-order valence-electron chi connectivity index (χ4n) is 1.55. The van der Waals surface area contributed by atoms with Crippen molar-refractivity contribution in [2.75, 3.05) is 0 Å². The average molecular weight is 308 g/mol.